The van der Waals surface area contributed by atoms with Gasteiger partial charge < -0.3 is 5.32 Å². The first-order valence-corrected chi connectivity index (χ1v) is 7.52. The molecule has 0 radical (unpaired) electrons. The second-order valence-electron chi connectivity index (χ2n) is 5.44. The molecule has 1 aliphatic heterocycles. The van der Waals surface area contributed by atoms with E-state index in [2.05, 4.69) is 48.5 Å². The van der Waals surface area contributed by atoms with E-state index >= 15 is 0 Å². The predicted molar refractivity (Wildman–Crippen MR) is 75.8 cm³/mol. The first-order chi connectivity index (χ1) is 8.13. The Morgan fingerprint density at radius 1 is 1.59 bits per heavy atom. The molecule has 3 heteroatoms. The Labute approximate surface area is 109 Å². The molecule has 1 saturated heterocycles. The predicted octanol–water partition coefficient (Wildman–Crippen LogP) is 2.75. The van der Waals surface area contributed by atoms with Crippen LogP contribution >= 0.6 is 11.3 Å². The number of nitrogens with one attached hydrogen (secondary N) is 1. The molecule has 0 aromatic carbocycles. The quantitative estimate of drug-likeness (QED) is 0.886. The van der Waals surface area contributed by atoms with Gasteiger partial charge in [-0.15, -0.1) is 11.3 Å². The lowest BCUT2D eigenvalue weighted by molar-refractivity contribution is 0.0946. The Balaban J connectivity index is 1.89. The average Bonchev–Trinajstić information content (AvgIpc) is 2.84. The van der Waals surface area contributed by atoms with Crippen molar-refractivity contribution in [2.75, 3.05) is 19.6 Å². The number of thiophene rings is 1. The normalized spacial score (nSPS) is 30.6. The van der Waals surface area contributed by atoms with Gasteiger partial charge in [0.25, 0.3) is 0 Å². The van der Waals surface area contributed by atoms with Gasteiger partial charge >= 0.3 is 0 Å². The third-order valence-electron chi connectivity index (χ3n) is 4.01. The molecule has 2 unspecified atom stereocenters. The maximum absolute atomic E-state index is 3.68. The standard InChI is InChI=1S/C14H24N2S/c1-4-14(3)11-16(12(2)10-15-14)8-7-13-6-5-9-17-13/h5-6,9,12,15H,4,7-8,10-11H2,1-3H3. The molecule has 0 saturated carbocycles. The summed E-state index contributed by atoms with van der Waals surface area (Å²) in [6.45, 7) is 10.4. The lowest BCUT2D eigenvalue weighted by Gasteiger charge is -2.45. The van der Waals surface area contributed by atoms with E-state index in [-0.39, 0.29) is 0 Å². The molecule has 1 aromatic rings. The highest BCUT2D eigenvalue weighted by atomic mass is 32.1. The van der Waals surface area contributed by atoms with E-state index in [1.54, 1.807) is 0 Å². The molecule has 2 nitrogen and oxygen atoms in total. The van der Waals surface area contributed by atoms with Crippen LogP contribution in [-0.4, -0.2) is 36.1 Å². The second kappa shape index (κ2) is 5.51. The summed E-state index contributed by atoms with van der Waals surface area (Å²) in [5.41, 5.74) is 0.307. The largest absolute Gasteiger partial charge is 0.309 e. The van der Waals surface area contributed by atoms with Crippen LogP contribution in [0, 0.1) is 0 Å². The lowest BCUT2D eigenvalue weighted by Crippen LogP contribution is -2.62. The van der Waals surface area contributed by atoms with Crippen LogP contribution in [0.15, 0.2) is 17.5 Å². The van der Waals surface area contributed by atoms with E-state index < -0.39 is 0 Å². The minimum absolute atomic E-state index is 0.307. The van der Waals surface area contributed by atoms with E-state index in [9.17, 15) is 0 Å². The number of hydrogen-bond acceptors (Lipinski definition) is 3. The Morgan fingerprint density at radius 3 is 3.06 bits per heavy atom. The van der Waals surface area contributed by atoms with Gasteiger partial charge in [0.1, 0.15) is 0 Å². The van der Waals surface area contributed by atoms with Gasteiger partial charge in [0.05, 0.1) is 0 Å². The number of hydrogen-bond donors (Lipinski definition) is 1. The summed E-state index contributed by atoms with van der Waals surface area (Å²) in [6, 6.07) is 5.06. The van der Waals surface area contributed by atoms with Crippen molar-refractivity contribution in [3.8, 4) is 0 Å². The average molecular weight is 252 g/mol. The summed E-state index contributed by atoms with van der Waals surface area (Å²) < 4.78 is 0. The Hall–Kier alpha value is -0.380. The summed E-state index contributed by atoms with van der Waals surface area (Å²) >= 11 is 1.88. The molecule has 17 heavy (non-hydrogen) atoms. The van der Waals surface area contributed by atoms with Gasteiger partial charge in [-0.2, -0.15) is 0 Å². The van der Waals surface area contributed by atoms with Crippen LogP contribution in [0.1, 0.15) is 32.1 Å². The summed E-state index contributed by atoms with van der Waals surface area (Å²) in [4.78, 5) is 4.15. The van der Waals surface area contributed by atoms with Crippen molar-refractivity contribution >= 4 is 11.3 Å². The van der Waals surface area contributed by atoms with Crippen molar-refractivity contribution in [3.63, 3.8) is 0 Å². The van der Waals surface area contributed by atoms with Crippen molar-refractivity contribution in [3.05, 3.63) is 22.4 Å². The van der Waals surface area contributed by atoms with Crippen molar-refractivity contribution in [1.29, 1.82) is 0 Å². The van der Waals surface area contributed by atoms with Crippen LogP contribution in [0.25, 0.3) is 0 Å². The Bertz CT molecular complexity index is 336. The molecule has 0 spiro atoms. The second-order valence-corrected chi connectivity index (χ2v) is 6.48. The van der Waals surface area contributed by atoms with Gasteiger partial charge in [-0.05, 0) is 38.1 Å². The fraction of sp³-hybridized carbons (Fsp3) is 0.714. The van der Waals surface area contributed by atoms with Crippen LogP contribution in [0.5, 0.6) is 0 Å². The third-order valence-corrected chi connectivity index (χ3v) is 4.94. The smallest absolute Gasteiger partial charge is 0.0278 e. The monoisotopic (exact) mass is 252 g/mol. The van der Waals surface area contributed by atoms with E-state index in [0.29, 0.717) is 11.6 Å². The molecule has 1 aromatic heterocycles. The highest BCUT2D eigenvalue weighted by molar-refractivity contribution is 7.09. The molecule has 1 aliphatic rings. The van der Waals surface area contributed by atoms with Crippen LogP contribution < -0.4 is 5.32 Å². The summed E-state index contributed by atoms with van der Waals surface area (Å²) in [6.07, 6.45) is 2.40. The van der Waals surface area contributed by atoms with Crippen LogP contribution in [-0.2, 0) is 6.42 Å². The summed E-state index contributed by atoms with van der Waals surface area (Å²) in [5.74, 6) is 0. The van der Waals surface area contributed by atoms with Crippen molar-refractivity contribution in [2.24, 2.45) is 0 Å². The minimum Gasteiger partial charge on any atom is -0.309 e. The van der Waals surface area contributed by atoms with Gasteiger partial charge in [0.2, 0.25) is 0 Å². The van der Waals surface area contributed by atoms with Crippen molar-refractivity contribution < 1.29 is 0 Å². The zero-order valence-electron chi connectivity index (χ0n) is 11.2. The highest BCUT2D eigenvalue weighted by Gasteiger charge is 2.32. The summed E-state index contributed by atoms with van der Waals surface area (Å²) in [7, 11) is 0. The summed E-state index contributed by atoms with van der Waals surface area (Å²) in [5, 5.41) is 5.85. The lowest BCUT2D eigenvalue weighted by atomic mass is 9.93. The molecule has 0 aliphatic carbocycles. The van der Waals surface area contributed by atoms with Gasteiger partial charge in [-0.3, -0.25) is 4.90 Å². The fourth-order valence-corrected chi connectivity index (χ4v) is 3.13. The molecule has 1 fully saturated rings. The van der Waals surface area contributed by atoms with Gasteiger partial charge in [0.15, 0.2) is 0 Å². The molecule has 0 amide bonds. The van der Waals surface area contributed by atoms with E-state index in [1.807, 2.05) is 11.3 Å². The van der Waals surface area contributed by atoms with Gasteiger partial charge in [-0.1, -0.05) is 13.0 Å². The van der Waals surface area contributed by atoms with Crippen LogP contribution in [0.2, 0.25) is 0 Å². The van der Waals surface area contributed by atoms with Crippen molar-refractivity contribution in [2.45, 2.75) is 45.2 Å². The Morgan fingerprint density at radius 2 is 2.41 bits per heavy atom. The molecule has 96 valence electrons. The topological polar surface area (TPSA) is 15.3 Å². The number of rotatable bonds is 4. The van der Waals surface area contributed by atoms with Gasteiger partial charge in [-0.25, -0.2) is 0 Å². The Kier molecular flexibility index (Phi) is 4.23. The van der Waals surface area contributed by atoms with Crippen LogP contribution in [0.4, 0.5) is 0 Å². The maximum Gasteiger partial charge on any atom is 0.0278 e. The molecule has 2 atom stereocenters. The molecular formula is C14H24N2S. The van der Waals surface area contributed by atoms with Gasteiger partial charge in [0, 0.05) is 36.1 Å². The zero-order valence-corrected chi connectivity index (χ0v) is 12.0. The third kappa shape index (κ3) is 3.30. The first-order valence-electron chi connectivity index (χ1n) is 6.64. The van der Waals surface area contributed by atoms with E-state index in [1.165, 1.54) is 30.8 Å². The number of piperazine rings is 1. The van der Waals surface area contributed by atoms with Crippen molar-refractivity contribution in [1.82, 2.24) is 10.2 Å². The van der Waals surface area contributed by atoms with E-state index in [0.717, 1.165) is 6.54 Å². The fourth-order valence-electron chi connectivity index (χ4n) is 2.43. The van der Waals surface area contributed by atoms with E-state index in [4.69, 9.17) is 0 Å². The first kappa shape index (κ1) is 13.1. The maximum atomic E-state index is 3.68. The highest BCUT2D eigenvalue weighted by Crippen LogP contribution is 2.19. The van der Waals surface area contributed by atoms with Crippen LogP contribution in [0.3, 0.4) is 0 Å². The minimum atomic E-state index is 0.307. The SMILES string of the molecule is CCC1(C)CN(CCc2cccs2)C(C)CN1. The molecule has 2 heterocycles. The number of nitrogens with zero attached hydrogens (tertiary/aromatic N) is 1. The molecule has 0 bridgehead atoms. The molecule has 2 rings (SSSR count). The molecule has 1 N–H and O–H groups in total. The molecular weight excluding hydrogens is 228 g/mol. The zero-order chi connectivity index (χ0) is 12.3.